The minimum absolute atomic E-state index is 0.0195. The third-order valence-electron chi connectivity index (χ3n) is 7.64. The van der Waals surface area contributed by atoms with Gasteiger partial charge < -0.3 is 5.32 Å². The van der Waals surface area contributed by atoms with Crippen molar-refractivity contribution in [3.05, 3.63) is 89.5 Å². The van der Waals surface area contributed by atoms with E-state index in [9.17, 15) is 4.79 Å². The average molecular weight is 530 g/mol. The zero-order valence-corrected chi connectivity index (χ0v) is 21.6. The van der Waals surface area contributed by atoms with Crippen LogP contribution in [-0.4, -0.2) is 45.0 Å². The standard InChI is InChI=1S/C28H29ClN8O/c29-21-8-11-27(37-17-32-35-36-37)23(13-21)19-7-10-25(30-15-19)24(12-18-4-2-1-3-5-18)28(38)33-22-9-6-20-16-31-34-26(20)14-22/h1-5,7-8,10-11,13,15,17,20,22,24,26H,6,9,12,14,16H2,(H3,31,33,34,35,36,38)/p+1. The van der Waals surface area contributed by atoms with E-state index in [0.717, 1.165) is 53.9 Å². The Bertz CT molecular complexity index is 1380. The zero-order valence-electron chi connectivity index (χ0n) is 20.8. The second kappa shape index (κ2) is 11.0. The Labute approximate surface area is 226 Å². The van der Waals surface area contributed by atoms with Gasteiger partial charge in [0.05, 0.1) is 11.6 Å². The Morgan fingerprint density at radius 3 is 2.82 bits per heavy atom. The van der Waals surface area contributed by atoms with Crippen LogP contribution in [0.5, 0.6) is 0 Å². The van der Waals surface area contributed by atoms with E-state index in [1.165, 1.54) is 0 Å². The van der Waals surface area contributed by atoms with E-state index in [1.807, 2.05) is 48.5 Å². The quantitative estimate of drug-likeness (QED) is 0.274. The lowest BCUT2D eigenvalue weighted by molar-refractivity contribution is -0.659. The summed E-state index contributed by atoms with van der Waals surface area (Å²) in [5.41, 5.74) is 11.1. The summed E-state index contributed by atoms with van der Waals surface area (Å²) in [4.78, 5) is 18.5. The summed E-state index contributed by atoms with van der Waals surface area (Å²) in [6.45, 7) is 1.00. The van der Waals surface area contributed by atoms with Crippen molar-refractivity contribution >= 4 is 17.5 Å². The van der Waals surface area contributed by atoms with Gasteiger partial charge in [0.15, 0.2) is 5.21 Å². The summed E-state index contributed by atoms with van der Waals surface area (Å²) in [5.74, 6) is 0.263. The van der Waals surface area contributed by atoms with Crippen molar-refractivity contribution in [1.82, 2.24) is 36.7 Å². The number of amides is 1. The number of nitrogens with one attached hydrogen (secondary N) is 4. The van der Waals surface area contributed by atoms with Crippen LogP contribution < -0.4 is 20.9 Å². The SMILES string of the molecule is O=C(NC1CCC2CNNC2C1)C(Cc1ccccc1)c1ccc(-c2cc(Cl)ccc2-[n+]2cnn[nH]2)cn1. The lowest BCUT2D eigenvalue weighted by Gasteiger charge is -2.32. The molecular weight excluding hydrogens is 500 g/mol. The lowest BCUT2D eigenvalue weighted by Crippen LogP contribution is -2.46. The first-order chi connectivity index (χ1) is 18.6. The summed E-state index contributed by atoms with van der Waals surface area (Å²) in [6.07, 6.45) is 7.02. The number of hydrazine groups is 1. The predicted octanol–water partition coefficient (Wildman–Crippen LogP) is 2.88. The monoisotopic (exact) mass is 529 g/mol. The number of aromatic nitrogens is 5. The van der Waals surface area contributed by atoms with Crippen molar-refractivity contribution in [3.8, 4) is 16.8 Å². The van der Waals surface area contributed by atoms with Gasteiger partial charge >= 0.3 is 0 Å². The maximum atomic E-state index is 13.7. The van der Waals surface area contributed by atoms with E-state index in [1.54, 1.807) is 17.2 Å². The summed E-state index contributed by atoms with van der Waals surface area (Å²) >= 11 is 6.34. The van der Waals surface area contributed by atoms with Crippen LogP contribution in [0.3, 0.4) is 0 Å². The van der Waals surface area contributed by atoms with Crippen molar-refractivity contribution in [2.45, 2.75) is 43.7 Å². The van der Waals surface area contributed by atoms with Crippen LogP contribution in [0.4, 0.5) is 0 Å². The van der Waals surface area contributed by atoms with Crippen LogP contribution in [0.1, 0.15) is 36.4 Å². The molecule has 3 heterocycles. The highest BCUT2D eigenvalue weighted by molar-refractivity contribution is 6.31. The summed E-state index contributed by atoms with van der Waals surface area (Å²) in [7, 11) is 0. The van der Waals surface area contributed by atoms with Gasteiger partial charge in [0, 0.05) is 41.0 Å². The Kier molecular flexibility index (Phi) is 7.13. The highest BCUT2D eigenvalue weighted by Gasteiger charge is 2.35. The van der Waals surface area contributed by atoms with Gasteiger partial charge in [-0.1, -0.05) is 53.2 Å². The maximum Gasteiger partial charge on any atom is 0.293 e. The molecule has 2 fully saturated rings. The first kappa shape index (κ1) is 24.7. The number of nitrogens with zero attached hydrogens (tertiary/aromatic N) is 4. The van der Waals surface area contributed by atoms with Gasteiger partial charge in [0.2, 0.25) is 5.91 Å². The van der Waals surface area contributed by atoms with E-state index < -0.39 is 5.92 Å². The van der Waals surface area contributed by atoms with Crippen molar-refractivity contribution < 1.29 is 9.48 Å². The molecule has 1 aliphatic heterocycles. The number of fused-ring (bicyclic) bond motifs is 1. The van der Waals surface area contributed by atoms with Gasteiger partial charge in [0.1, 0.15) is 10.8 Å². The molecule has 9 nitrogen and oxygen atoms in total. The van der Waals surface area contributed by atoms with Gasteiger partial charge in [-0.05, 0) is 61.4 Å². The Morgan fingerprint density at radius 2 is 2.03 bits per heavy atom. The fraction of sp³-hybridized carbons (Fsp3) is 0.321. The molecule has 4 N–H and O–H groups in total. The minimum Gasteiger partial charge on any atom is -0.353 e. The molecule has 4 aromatic rings. The van der Waals surface area contributed by atoms with Crippen LogP contribution in [0.25, 0.3) is 16.8 Å². The first-order valence-corrected chi connectivity index (χ1v) is 13.4. The molecule has 38 heavy (non-hydrogen) atoms. The maximum absolute atomic E-state index is 13.7. The highest BCUT2D eigenvalue weighted by Crippen LogP contribution is 2.30. The van der Waals surface area contributed by atoms with Crippen molar-refractivity contribution in [1.29, 1.82) is 0 Å². The van der Waals surface area contributed by atoms with Gasteiger partial charge in [-0.3, -0.25) is 20.6 Å². The molecule has 10 heteroatoms. The molecule has 2 aromatic carbocycles. The number of benzene rings is 2. The number of carbonyl (C=O) groups is 1. The number of rotatable bonds is 7. The fourth-order valence-electron chi connectivity index (χ4n) is 5.60. The highest BCUT2D eigenvalue weighted by atomic mass is 35.5. The number of hydrogen-bond acceptors (Lipinski definition) is 6. The molecule has 1 saturated heterocycles. The van der Waals surface area contributed by atoms with Gasteiger partial charge in [-0.2, -0.15) is 0 Å². The summed E-state index contributed by atoms with van der Waals surface area (Å²) < 4.78 is 1.72. The Morgan fingerprint density at radius 1 is 1.13 bits per heavy atom. The molecule has 2 aromatic heterocycles. The zero-order chi connectivity index (χ0) is 25.9. The lowest BCUT2D eigenvalue weighted by atomic mass is 9.82. The molecule has 1 aliphatic carbocycles. The van der Waals surface area contributed by atoms with Crippen LogP contribution in [0.15, 0.2) is 73.2 Å². The second-order valence-corrected chi connectivity index (χ2v) is 10.5. The van der Waals surface area contributed by atoms with Crippen molar-refractivity contribution in [3.63, 3.8) is 0 Å². The molecule has 1 amide bonds. The van der Waals surface area contributed by atoms with Crippen LogP contribution >= 0.6 is 11.6 Å². The topological polar surface area (TPSA) is 112 Å². The number of halogens is 1. The van der Waals surface area contributed by atoms with E-state index >= 15 is 0 Å². The van der Waals surface area contributed by atoms with Gasteiger partial charge in [0.25, 0.3) is 6.33 Å². The number of hydrogen-bond donors (Lipinski definition) is 4. The molecule has 0 spiro atoms. The smallest absolute Gasteiger partial charge is 0.293 e. The third-order valence-corrected chi connectivity index (χ3v) is 7.88. The van der Waals surface area contributed by atoms with Crippen LogP contribution in [-0.2, 0) is 11.2 Å². The number of aromatic amines is 1. The van der Waals surface area contributed by atoms with Crippen molar-refractivity contribution in [2.24, 2.45) is 5.92 Å². The molecule has 4 atom stereocenters. The van der Waals surface area contributed by atoms with Gasteiger partial charge in [-0.25, -0.2) is 0 Å². The van der Waals surface area contributed by atoms with E-state index in [2.05, 4.69) is 43.8 Å². The Hall–Kier alpha value is -3.66. The normalized spacial score (nSPS) is 21.6. The fourth-order valence-corrected chi connectivity index (χ4v) is 5.78. The Balaban J connectivity index is 1.26. The molecule has 0 radical (unpaired) electrons. The molecule has 194 valence electrons. The molecule has 4 unspecified atom stereocenters. The number of tetrazole rings is 1. The number of pyridine rings is 1. The number of carbonyl (C=O) groups excluding carboxylic acids is 1. The van der Waals surface area contributed by atoms with Crippen LogP contribution in [0.2, 0.25) is 5.02 Å². The predicted molar refractivity (Wildman–Crippen MR) is 143 cm³/mol. The molecule has 6 rings (SSSR count). The summed E-state index contributed by atoms with van der Waals surface area (Å²) in [5, 5.41) is 14.5. The number of H-pyrrole nitrogens is 1. The van der Waals surface area contributed by atoms with Gasteiger partial charge in [-0.15, -0.1) is 4.68 Å². The third kappa shape index (κ3) is 5.31. The first-order valence-electron chi connectivity index (χ1n) is 13.0. The van der Waals surface area contributed by atoms with E-state index in [0.29, 0.717) is 23.4 Å². The van der Waals surface area contributed by atoms with E-state index in [4.69, 9.17) is 16.6 Å². The molecule has 1 saturated carbocycles. The molecule has 2 aliphatic rings. The minimum atomic E-state index is -0.399. The molecular formula is C28H30ClN8O+. The van der Waals surface area contributed by atoms with Crippen LogP contribution in [0, 0.1) is 5.92 Å². The van der Waals surface area contributed by atoms with Crippen molar-refractivity contribution in [2.75, 3.05) is 6.54 Å². The van der Waals surface area contributed by atoms with E-state index in [-0.39, 0.29) is 11.9 Å². The largest absolute Gasteiger partial charge is 0.353 e. The summed E-state index contributed by atoms with van der Waals surface area (Å²) in [6, 6.07) is 20.2. The molecule has 0 bridgehead atoms. The second-order valence-electron chi connectivity index (χ2n) is 10.1. The average Bonchev–Trinajstić information content (AvgIpc) is 3.65.